The quantitative estimate of drug-likeness (QED) is 0.253. The standard InChI is InChI=1S/C7H10O2.C6H10O3S.C6H10O2S.C6H8O2S/c1-6-2-3-7(4-6)9-5-8;1-6(8)2-5(9-4-7)10-3-6;2*1-5-2-6(8-4-7)9-3-5/h5,7H,1-4H2;4-5,8H,2-3H2,1H3;4-6H,2-3H2,1H3;4,6H,1-3H2. The molecule has 3 aliphatic heterocycles. The molecule has 0 spiro atoms. The van der Waals surface area contributed by atoms with Crippen LogP contribution >= 0.6 is 35.3 Å². The van der Waals surface area contributed by atoms with Crippen molar-refractivity contribution in [2.24, 2.45) is 5.92 Å². The maximum Gasteiger partial charge on any atom is 0.294 e. The van der Waals surface area contributed by atoms with Gasteiger partial charge < -0.3 is 24.1 Å². The molecule has 4 aliphatic rings. The zero-order valence-electron chi connectivity index (χ0n) is 21.4. The minimum atomic E-state index is -0.654. The first-order valence-electron chi connectivity index (χ1n) is 11.9. The smallest absolute Gasteiger partial charge is 0.294 e. The number of hydrogen-bond acceptors (Lipinski definition) is 12. The van der Waals surface area contributed by atoms with E-state index in [4.69, 9.17) is 14.2 Å². The van der Waals surface area contributed by atoms with Crippen molar-refractivity contribution in [1.29, 1.82) is 0 Å². The third kappa shape index (κ3) is 15.4. The van der Waals surface area contributed by atoms with Crippen LogP contribution in [-0.2, 0) is 38.1 Å². The minimum absolute atomic E-state index is 0.0370. The number of aliphatic hydroxyl groups is 1. The number of carbonyl (C=O) groups excluding carboxylic acids is 4. The Morgan fingerprint density at radius 1 is 0.865 bits per heavy atom. The van der Waals surface area contributed by atoms with Crippen LogP contribution in [0, 0.1) is 5.92 Å². The molecule has 0 aromatic carbocycles. The lowest BCUT2D eigenvalue weighted by Crippen LogP contribution is -2.23. The molecule has 3 heterocycles. The molecule has 12 heteroatoms. The highest BCUT2D eigenvalue weighted by molar-refractivity contribution is 8.00. The van der Waals surface area contributed by atoms with E-state index in [2.05, 4.69) is 24.8 Å². The van der Waals surface area contributed by atoms with Crippen molar-refractivity contribution in [2.45, 2.75) is 80.4 Å². The van der Waals surface area contributed by atoms with Gasteiger partial charge in [-0.15, -0.1) is 35.3 Å². The van der Waals surface area contributed by atoms with E-state index >= 15 is 0 Å². The summed E-state index contributed by atoms with van der Waals surface area (Å²) < 4.78 is 18.8. The van der Waals surface area contributed by atoms with Crippen molar-refractivity contribution >= 4 is 61.2 Å². The molecule has 0 radical (unpaired) electrons. The second-order valence-corrected chi connectivity index (χ2v) is 12.8. The van der Waals surface area contributed by atoms with E-state index < -0.39 is 5.60 Å². The fourth-order valence-corrected chi connectivity index (χ4v) is 7.14. The Balaban J connectivity index is 0.000000247. The highest BCUT2D eigenvalue weighted by atomic mass is 32.2. The number of hydrogen-bond donors (Lipinski definition) is 1. The molecule has 37 heavy (non-hydrogen) atoms. The van der Waals surface area contributed by atoms with Crippen LogP contribution in [0.15, 0.2) is 24.3 Å². The third-order valence-electron chi connectivity index (χ3n) is 5.48. The molecule has 6 atom stereocenters. The van der Waals surface area contributed by atoms with Crippen LogP contribution in [0.2, 0.25) is 0 Å². The van der Waals surface area contributed by atoms with E-state index in [-0.39, 0.29) is 22.4 Å². The Morgan fingerprint density at radius 3 is 1.92 bits per heavy atom. The van der Waals surface area contributed by atoms with Crippen molar-refractivity contribution in [3.8, 4) is 0 Å². The molecule has 0 aromatic heterocycles. The molecule has 210 valence electrons. The SMILES string of the molecule is C=C1CCC(OC=O)C1.C=C1CSC(OC=O)C1.CC1(O)CSC(OC=O)C1.CC1CSC(OC=O)C1. The number of rotatable bonds is 8. The van der Waals surface area contributed by atoms with Gasteiger partial charge in [-0.2, -0.15) is 0 Å². The van der Waals surface area contributed by atoms with E-state index in [9.17, 15) is 24.3 Å². The van der Waals surface area contributed by atoms with Crippen molar-refractivity contribution in [3.05, 3.63) is 24.3 Å². The van der Waals surface area contributed by atoms with Gasteiger partial charge in [0.15, 0.2) is 5.44 Å². The lowest BCUT2D eigenvalue weighted by molar-refractivity contribution is -0.133. The average Bonchev–Trinajstić information content (AvgIpc) is 3.62. The second kappa shape index (κ2) is 18.6. The molecule has 4 fully saturated rings. The molecular formula is C25H38O9S3. The first kappa shape index (κ1) is 33.4. The van der Waals surface area contributed by atoms with Crippen LogP contribution in [0.25, 0.3) is 0 Å². The maximum absolute atomic E-state index is 9.85. The van der Waals surface area contributed by atoms with Crippen molar-refractivity contribution in [1.82, 2.24) is 0 Å². The number of carbonyl (C=O) groups is 4. The van der Waals surface area contributed by atoms with Crippen molar-refractivity contribution < 1.29 is 43.2 Å². The van der Waals surface area contributed by atoms with Crippen LogP contribution < -0.4 is 0 Å². The van der Waals surface area contributed by atoms with Crippen LogP contribution in [0.5, 0.6) is 0 Å². The van der Waals surface area contributed by atoms with Crippen LogP contribution in [-0.4, -0.2) is 76.3 Å². The van der Waals surface area contributed by atoms with E-state index in [1.165, 1.54) is 17.3 Å². The molecule has 3 saturated heterocycles. The van der Waals surface area contributed by atoms with Crippen molar-refractivity contribution in [2.75, 3.05) is 17.3 Å². The summed E-state index contributed by atoms with van der Waals surface area (Å²) in [6.07, 6.45) is 5.33. The molecule has 1 N–H and O–H groups in total. The van der Waals surface area contributed by atoms with Gasteiger partial charge in [-0.3, -0.25) is 19.2 Å². The molecule has 0 aromatic rings. The fourth-order valence-electron chi connectivity index (χ4n) is 3.59. The van der Waals surface area contributed by atoms with Gasteiger partial charge in [0.1, 0.15) is 17.0 Å². The number of ether oxygens (including phenoxy) is 4. The lowest BCUT2D eigenvalue weighted by atomic mass is 10.1. The first-order valence-corrected chi connectivity index (χ1v) is 15.0. The fraction of sp³-hybridized carbons (Fsp3) is 0.680. The monoisotopic (exact) mass is 578 g/mol. The Hall–Kier alpha value is -1.63. The van der Waals surface area contributed by atoms with Gasteiger partial charge in [-0.25, -0.2) is 0 Å². The molecule has 0 bridgehead atoms. The van der Waals surface area contributed by atoms with Crippen LogP contribution in [0.4, 0.5) is 0 Å². The molecule has 0 amide bonds. The van der Waals surface area contributed by atoms with Gasteiger partial charge >= 0.3 is 0 Å². The molecular weight excluding hydrogens is 540 g/mol. The summed E-state index contributed by atoms with van der Waals surface area (Å²) >= 11 is 4.81. The van der Waals surface area contributed by atoms with Gasteiger partial charge in [0.25, 0.3) is 25.9 Å². The second-order valence-electron chi connectivity index (χ2n) is 9.28. The minimum Gasteiger partial charge on any atom is -0.464 e. The molecule has 9 nitrogen and oxygen atoms in total. The Kier molecular flexibility index (Phi) is 16.8. The van der Waals surface area contributed by atoms with Gasteiger partial charge in [0, 0.05) is 30.8 Å². The number of thioether (sulfide) groups is 3. The molecule has 1 aliphatic carbocycles. The van der Waals surface area contributed by atoms with E-state index in [0.29, 0.717) is 44.0 Å². The summed E-state index contributed by atoms with van der Waals surface area (Å²) in [5.41, 5.74) is 1.73. The van der Waals surface area contributed by atoms with Gasteiger partial charge in [-0.1, -0.05) is 31.2 Å². The van der Waals surface area contributed by atoms with Crippen LogP contribution in [0.3, 0.4) is 0 Å². The van der Waals surface area contributed by atoms with Gasteiger partial charge in [-0.05, 0) is 37.9 Å². The third-order valence-corrected chi connectivity index (χ3v) is 9.58. The molecule has 6 unspecified atom stereocenters. The Morgan fingerprint density at radius 2 is 1.49 bits per heavy atom. The maximum atomic E-state index is 9.85. The largest absolute Gasteiger partial charge is 0.464 e. The van der Waals surface area contributed by atoms with E-state index in [1.807, 2.05) is 0 Å². The van der Waals surface area contributed by atoms with E-state index in [0.717, 1.165) is 49.2 Å². The summed E-state index contributed by atoms with van der Waals surface area (Å²) in [5, 5.41) is 9.37. The highest BCUT2D eigenvalue weighted by Gasteiger charge is 2.34. The van der Waals surface area contributed by atoms with Crippen LogP contribution in [0.1, 0.15) is 52.4 Å². The predicted molar refractivity (Wildman–Crippen MR) is 147 cm³/mol. The molecule has 1 saturated carbocycles. The highest BCUT2D eigenvalue weighted by Crippen LogP contribution is 2.34. The average molecular weight is 579 g/mol. The first-order chi connectivity index (χ1) is 17.6. The zero-order valence-corrected chi connectivity index (χ0v) is 23.9. The normalized spacial score (nSPS) is 31.8. The predicted octanol–water partition coefficient (Wildman–Crippen LogP) is 4.08. The lowest BCUT2D eigenvalue weighted by Gasteiger charge is -2.13. The van der Waals surface area contributed by atoms with Crippen molar-refractivity contribution in [3.63, 3.8) is 0 Å². The van der Waals surface area contributed by atoms with Gasteiger partial charge in [0.2, 0.25) is 0 Å². The summed E-state index contributed by atoms with van der Waals surface area (Å²) in [6, 6.07) is 0. The zero-order chi connectivity index (χ0) is 27.7. The Labute approximate surface area is 231 Å². The van der Waals surface area contributed by atoms with Gasteiger partial charge in [0.05, 0.1) is 5.60 Å². The topological polar surface area (TPSA) is 125 Å². The summed E-state index contributed by atoms with van der Waals surface area (Å²) in [7, 11) is 0. The summed E-state index contributed by atoms with van der Waals surface area (Å²) in [6.45, 7) is 13.5. The summed E-state index contributed by atoms with van der Waals surface area (Å²) in [5.74, 6) is 3.41. The summed E-state index contributed by atoms with van der Waals surface area (Å²) in [4.78, 5) is 39.3. The Bertz CT molecular complexity index is 715. The molecule has 4 rings (SSSR count). The van der Waals surface area contributed by atoms with E-state index in [1.54, 1.807) is 30.4 Å².